The number of rotatable bonds is 10. The van der Waals surface area contributed by atoms with Gasteiger partial charge >= 0.3 is 5.97 Å². The molecule has 1 aromatic rings. The molecule has 0 aliphatic carbocycles. The summed E-state index contributed by atoms with van der Waals surface area (Å²) in [6.45, 7) is 3.67. The second-order valence-electron chi connectivity index (χ2n) is 7.07. The van der Waals surface area contributed by atoms with E-state index in [0.717, 1.165) is 5.03 Å². The van der Waals surface area contributed by atoms with Crippen LogP contribution in [0, 0.1) is 0 Å². The van der Waals surface area contributed by atoms with Gasteiger partial charge in [-0.15, -0.1) is 5.06 Å². The van der Waals surface area contributed by atoms with Crippen molar-refractivity contribution in [3.63, 3.8) is 0 Å². The molecule has 1 aliphatic rings. The molecular weight excluding hydrogens is 470 g/mol. The molecule has 0 aromatic carbocycles. The Labute approximate surface area is 186 Å². The summed E-state index contributed by atoms with van der Waals surface area (Å²) in [4.78, 5) is 56.2. The van der Waals surface area contributed by atoms with Gasteiger partial charge in [-0.1, -0.05) is 16.9 Å². The zero-order valence-corrected chi connectivity index (χ0v) is 19.1. The van der Waals surface area contributed by atoms with E-state index in [1.807, 2.05) is 26.0 Å². The van der Waals surface area contributed by atoms with Crippen LogP contribution in [0.5, 0.6) is 0 Å². The van der Waals surface area contributed by atoms with Crippen molar-refractivity contribution in [1.82, 2.24) is 15.4 Å². The molecule has 2 N–H and O–H groups in total. The number of imide groups is 1. The molecule has 1 fully saturated rings. The molecule has 14 heteroatoms. The number of carbonyl (C=O) groups excluding carboxylic acids is 4. The molecule has 11 nitrogen and oxygen atoms in total. The van der Waals surface area contributed by atoms with E-state index in [2.05, 4.69) is 15.1 Å². The van der Waals surface area contributed by atoms with Crippen molar-refractivity contribution >= 4 is 55.4 Å². The number of carbonyl (C=O) groups is 4. The molecule has 1 aliphatic heterocycles. The maximum Gasteiger partial charge on any atom is 0.334 e. The number of nitrogens with zero attached hydrogens (tertiary/aromatic N) is 2. The van der Waals surface area contributed by atoms with Crippen LogP contribution in [-0.4, -0.2) is 63.3 Å². The van der Waals surface area contributed by atoms with Gasteiger partial charge in [-0.3, -0.25) is 18.9 Å². The molecule has 3 amide bonds. The Balaban J connectivity index is 1.73. The molecule has 1 atom stereocenters. The van der Waals surface area contributed by atoms with Gasteiger partial charge in [0.2, 0.25) is 5.91 Å². The van der Waals surface area contributed by atoms with Gasteiger partial charge in [0.05, 0.1) is 12.8 Å². The second kappa shape index (κ2) is 10.4. The van der Waals surface area contributed by atoms with E-state index in [1.54, 1.807) is 12.3 Å². The molecule has 170 valence electrons. The number of nitrogens with one attached hydrogen (secondary N) is 1. The van der Waals surface area contributed by atoms with Crippen LogP contribution in [0.4, 0.5) is 0 Å². The zero-order chi connectivity index (χ0) is 23.2. The predicted octanol–water partition coefficient (Wildman–Crippen LogP) is 0.970. The molecular formula is C17H21N3O8S3. The Morgan fingerprint density at radius 3 is 2.65 bits per heavy atom. The standard InChI is InChI=1S/C17H21N3O8S3/c1-17(2,30-29-13-5-3-4-7-19-13)10-12(21)18-8-6-15(23)28-20-14(22)9-11(16(20)24)31(25,26)27/h3-5,7,11H,6,8-10H2,1-2H3,(H,18,21)(H,25,26,27). The molecule has 1 unspecified atom stereocenters. The Morgan fingerprint density at radius 2 is 2.06 bits per heavy atom. The van der Waals surface area contributed by atoms with Crippen molar-refractivity contribution in [3.8, 4) is 0 Å². The van der Waals surface area contributed by atoms with Gasteiger partial charge in [0, 0.05) is 23.9 Å². The third-order valence-corrected chi connectivity index (χ3v) is 8.14. The molecule has 0 radical (unpaired) electrons. The number of hydroxylamine groups is 2. The summed E-state index contributed by atoms with van der Waals surface area (Å²) < 4.78 is 30.6. The van der Waals surface area contributed by atoms with Crippen LogP contribution in [0.25, 0.3) is 0 Å². The average molecular weight is 492 g/mol. The lowest BCUT2D eigenvalue weighted by Gasteiger charge is -2.22. The second-order valence-corrected chi connectivity index (χ2v) is 11.5. The van der Waals surface area contributed by atoms with Crippen LogP contribution in [0.1, 0.15) is 33.1 Å². The van der Waals surface area contributed by atoms with Crippen molar-refractivity contribution < 1.29 is 37.0 Å². The van der Waals surface area contributed by atoms with Gasteiger partial charge in [-0.2, -0.15) is 8.42 Å². The number of hydrogen-bond donors (Lipinski definition) is 2. The predicted molar refractivity (Wildman–Crippen MR) is 112 cm³/mol. The Kier molecular flexibility index (Phi) is 8.45. The number of pyridine rings is 1. The highest BCUT2D eigenvalue weighted by Crippen LogP contribution is 2.41. The van der Waals surface area contributed by atoms with Crippen molar-refractivity contribution in [2.75, 3.05) is 6.54 Å². The largest absolute Gasteiger partial charge is 0.355 e. The van der Waals surface area contributed by atoms with Crippen LogP contribution in [0.2, 0.25) is 0 Å². The minimum absolute atomic E-state index is 0.0250. The third-order valence-electron chi connectivity index (χ3n) is 3.84. The highest BCUT2D eigenvalue weighted by Gasteiger charge is 2.48. The average Bonchev–Trinajstić information content (AvgIpc) is 2.95. The zero-order valence-electron chi connectivity index (χ0n) is 16.6. The van der Waals surface area contributed by atoms with Crippen LogP contribution in [0.3, 0.4) is 0 Å². The SMILES string of the molecule is CC(C)(CC(=O)NCCC(=O)ON1C(=O)CC(S(=O)(=O)O)C1=O)SSc1ccccn1. The first kappa shape index (κ1) is 25.1. The van der Waals surface area contributed by atoms with Crippen molar-refractivity contribution in [2.24, 2.45) is 0 Å². The fraction of sp³-hybridized carbons (Fsp3) is 0.471. The minimum Gasteiger partial charge on any atom is -0.355 e. The van der Waals surface area contributed by atoms with E-state index in [-0.39, 0.29) is 30.4 Å². The third kappa shape index (κ3) is 7.79. The van der Waals surface area contributed by atoms with E-state index in [1.165, 1.54) is 21.6 Å². The smallest absolute Gasteiger partial charge is 0.334 e. The van der Waals surface area contributed by atoms with Crippen molar-refractivity contribution in [1.29, 1.82) is 0 Å². The summed E-state index contributed by atoms with van der Waals surface area (Å²) >= 11 is 0. The first-order chi connectivity index (χ1) is 14.4. The van der Waals surface area contributed by atoms with E-state index in [9.17, 15) is 27.6 Å². The van der Waals surface area contributed by atoms with E-state index < -0.39 is 44.3 Å². The fourth-order valence-electron chi connectivity index (χ4n) is 2.39. The quantitative estimate of drug-likeness (QED) is 0.273. The molecule has 2 rings (SSSR count). The van der Waals surface area contributed by atoms with Crippen LogP contribution in [0.15, 0.2) is 29.4 Å². The molecule has 1 saturated heterocycles. The molecule has 0 spiro atoms. The fourth-order valence-corrected chi connectivity index (χ4v) is 5.24. The lowest BCUT2D eigenvalue weighted by molar-refractivity contribution is -0.197. The van der Waals surface area contributed by atoms with Gasteiger partial charge in [0.15, 0.2) is 5.25 Å². The van der Waals surface area contributed by atoms with Gasteiger partial charge in [-0.25, -0.2) is 9.78 Å². The first-order valence-corrected chi connectivity index (χ1v) is 12.6. The topological polar surface area (TPSA) is 160 Å². The number of amides is 3. The number of aromatic nitrogens is 1. The van der Waals surface area contributed by atoms with Crippen LogP contribution < -0.4 is 5.32 Å². The number of hydrogen-bond acceptors (Lipinski definition) is 10. The molecule has 0 bridgehead atoms. The Morgan fingerprint density at radius 1 is 1.35 bits per heavy atom. The summed E-state index contributed by atoms with van der Waals surface area (Å²) in [5, 5.41) is 1.39. The highest BCUT2D eigenvalue weighted by molar-refractivity contribution is 8.77. The van der Waals surface area contributed by atoms with Gasteiger partial charge in [0.1, 0.15) is 5.03 Å². The Bertz CT molecular complexity index is 953. The highest BCUT2D eigenvalue weighted by atomic mass is 33.1. The molecule has 0 saturated carbocycles. The van der Waals surface area contributed by atoms with Crippen LogP contribution in [-0.2, 0) is 34.1 Å². The maximum atomic E-state index is 12.1. The Hall–Kier alpha value is -2.16. The monoisotopic (exact) mass is 491 g/mol. The lowest BCUT2D eigenvalue weighted by Crippen LogP contribution is -2.37. The van der Waals surface area contributed by atoms with Gasteiger partial charge < -0.3 is 10.2 Å². The summed E-state index contributed by atoms with van der Waals surface area (Å²) in [5.74, 6) is -3.73. The van der Waals surface area contributed by atoms with Crippen molar-refractivity contribution in [2.45, 2.75) is 48.1 Å². The molecule has 2 heterocycles. The molecule has 31 heavy (non-hydrogen) atoms. The van der Waals surface area contributed by atoms with E-state index in [4.69, 9.17) is 4.55 Å². The summed E-state index contributed by atoms with van der Waals surface area (Å²) in [5.41, 5.74) is 0. The minimum atomic E-state index is -4.79. The van der Waals surface area contributed by atoms with Gasteiger partial charge in [0.25, 0.3) is 21.9 Å². The maximum absolute atomic E-state index is 12.1. The van der Waals surface area contributed by atoms with Gasteiger partial charge in [-0.05, 0) is 36.8 Å². The summed E-state index contributed by atoms with van der Waals surface area (Å²) in [6.07, 6.45) is 0.667. The van der Waals surface area contributed by atoms with Crippen molar-refractivity contribution in [3.05, 3.63) is 24.4 Å². The molecule has 1 aromatic heterocycles. The normalized spacial score (nSPS) is 17.0. The van der Waals surface area contributed by atoms with Crippen LogP contribution >= 0.6 is 21.6 Å². The lowest BCUT2D eigenvalue weighted by atomic mass is 10.1. The summed E-state index contributed by atoms with van der Waals surface area (Å²) in [7, 11) is -1.88. The summed E-state index contributed by atoms with van der Waals surface area (Å²) in [6, 6.07) is 5.52. The van der Waals surface area contributed by atoms with E-state index >= 15 is 0 Å². The van der Waals surface area contributed by atoms with E-state index in [0.29, 0.717) is 0 Å². The first-order valence-electron chi connectivity index (χ1n) is 8.96.